The van der Waals surface area contributed by atoms with Gasteiger partial charge in [0.25, 0.3) is 0 Å². The van der Waals surface area contributed by atoms with Gasteiger partial charge in [-0.3, -0.25) is 4.79 Å². The van der Waals surface area contributed by atoms with Gasteiger partial charge < -0.3 is 15.0 Å². The maximum atomic E-state index is 11.5. The van der Waals surface area contributed by atoms with Crippen LogP contribution in [0.25, 0.3) is 0 Å². The highest BCUT2D eigenvalue weighted by Gasteiger charge is 2.28. The third-order valence-corrected chi connectivity index (χ3v) is 4.61. The van der Waals surface area contributed by atoms with Gasteiger partial charge >= 0.3 is 0 Å². The van der Waals surface area contributed by atoms with E-state index in [0.717, 1.165) is 32.5 Å². The number of nitrogens with zero attached hydrogens (tertiary/aromatic N) is 1. The monoisotopic (exact) mass is 304 g/mol. The third kappa shape index (κ3) is 4.55. The van der Waals surface area contributed by atoms with Crippen molar-refractivity contribution in [3.05, 3.63) is 35.4 Å². The average Bonchev–Trinajstić information content (AvgIpc) is 2.54. The Hall–Kier alpha value is -1.39. The van der Waals surface area contributed by atoms with Crippen LogP contribution in [0, 0.1) is 5.92 Å². The molecule has 4 heteroatoms. The second-order valence-corrected chi connectivity index (χ2v) is 6.16. The van der Waals surface area contributed by atoms with Crippen LogP contribution >= 0.6 is 0 Å². The van der Waals surface area contributed by atoms with Crippen LogP contribution in [-0.2, 0) is 22.7 Å². The molecule has 0 aromatic heterocycles. The molecule has 1 saturated heterocycles. The van der Waals surface area contributed by atoms with E-state index in [1.165, 1.54) is 11.1 Å². The van der Waals surface area contributed by atoms with Gasteiger partial charge in [-0.05, 0) is 23.5 Å². The Bertz CT molecular complexity index is 472. The minimum Gasteiger partial charge on any atom is -0.380 e. The summed E-state index contributed by atoms with van der Waals surface area (Å²) in [4.78, 5) is 13.5. The molecule has 22 heavy (non-hydrogen) atoms. The van der Waals surface area contributed by atoms with Crippen molar-refractivity contribution in [3.63, 3.8) is 0 Å². The third-order valence-electron chi connectivity index (χ3n) is 4.61. The Morgan fingerprint density at radius 3 is 2.59 bits per heavy atom. The van der Waals surface area contributed by atoms with Crippen LogP contribution in [0.15, 0.2) is 24.3 Å². The van der Waals surface area contributed by atoms with Crippen LogP contribution in [0.5, 0.6) is 0 Å². The Balaban J connectivity index is 1.86. The Labute approximate surface area is 133 Å². The largest absolute Gasteiger partial charge is 0.380 e. The lowest BCUT2D eigenvalue weighted by molar-refractivity contribution is -0.131. The van der Waals surface area contributed by atoms with E-state index in [1.807, 2.05) is 4.90 Å². The smallest absolute Gasteiger partial charge is 0.219 e. The van der Waals surface area contributed by atoms with E-state index in [0.29, 0.717) is 18.6 Å². The topological polar surface area (TPSA) is 41.6 Å². The molecular formula is C18H28N2O2. The number of amides is 1. The van der Waals surface area contributed by atoms with Crippen molar-refractivity contribution in [2.24, 2.45) is 5.92 Å². The molecule has 1 fully saturated rings. The quantitative estimate of drug-likeness (QED) is 0.878. The molecule has 122 valence electrons. The van der Waals surface area contributed by atoms with Gasteiger partial charge in [0.15, 0.2) is 0 Å². The van der Waals surface area contributed by atoms with E-state index in [2.05, 4.69) is 36.5 Å². The highest BCUT2D eigenvalue weighted by atomic mass is 16.5. The number of carbonyl (C=O) groups is 1. The molecule has 1 amide bonds. The van der Waals surface area contributed by atoms with Crippen LogP contribution < -0.4 is 5.32 Å². The van der Waals surface area contributed by atoms with Crippen molar-refractivity contribution in [3.8, 4) is 0 Å². The summed E-state index contributed by atoms with van der Waals surface area (Å²) >= 11 is 0. The first kappa shape index (κ1) is 17.0. The summed E-state index contributed by atoms with van der Waals surface area (Å²) in [5, 5.41) is 3.68. The molecule has 4 nitrogen and oxygen atoms in total. The average molecular weight is 304 g/mol. The van der Waals surface area contributed by atoms with Crippen LogP contribution in [0.4, 0.5) is 0 Å². The van der Waals surface area contributed by atoms with E-state index in [9.17, 15) is 4.79 Å². The Kier molecular flexibility index (Phi) is 6.40. The highest BCUT2D eigenvalue weighted by molar-refractivity contribution is 5.73. The fraction of sp³-hybridized carbons (Fsp3) is 0.611. The summed E-state index contributed by atoms with van der Waals surface area (Å²) in [7, 11) is 1.72. The van der Waals surface area contributed by atoms with Gasteiger partial charge in [0.1, 0.15) is 0 Å². The first-order chi connectivity index (χ1) is 10.6. The van der Waals surface area contributed by atoms with Crippen LogP contribution in [0.1, 0.15) is 37.8 Å². The van der Waals surface area contributed by atoms with Crippen molar-refractivity contribution >= 4 is 5.91 Å². The Morgan fingerprint density at radius 1 is 1.32 bits per heavy atom. The number of likely N-dealkylation sites (tertiary alicyclic amines) is 1. The van der Waals surface area contributed by atoms with E-state index >= 15 is 0 Å². The summed E-state index contributed by atoms with van der Waals surface area (Å²) in [5.74, 6) is 0.746. The molecule has 0 spiro atoms. The fourth-order valence-corrected chi connectivity index (χ4v) is 3.17. The van der Waals surface area contributed by atoms with Crippen molar-refractivity contribution < 1.29 is 9.53 Å². The number of methoxy groups -OCH3 is 1. The molecule has 1 aromatic rings. The number of rotatable bonds is 6. The first-order valence-electron chi connectivity index (χ1n) is 8.19. The number of nitrogens with one attached hydrogen (secondary N) is 1. The summed E-state index contributed by atoms with van der Waals surface area (Å²) in [6.45, 7) is 7.18. The SMILES string of the molecule is CC[C@@H]1CN(C(C)=O)CC[C@@H]1NCc1ccc(COC)cc1. The summed E-state index contributed by atoms with van der Waals surface area (Å²) < 4.78 is 5.13. The van der Waals surface area contributed by atoms with Crippen molar-refractivity contribution in [2.45, 2.75) is 45.9 Å². The molecule has 1 aliphatic rings. The van der Waals surface area contributed by atoms with Gasteiger partial charge in [-0.2, -0.15) is 0 Å². The molecular weight excluding hydrogens is 276 g/mol. The minimum absolute atomic E-state index is 0.200. The number of benzene rings is 1. The van der Waals surface area contributed by atoms with E-state index in [1.54, 1.807) is 14.0 Å². The van der Waals surface area contributed by atoms with Gasteiger partial charge in [-0.15, -0.1) is 0 Å². The number of piperidine rings is 1. The number of carbonyl (C=O) groups excluding carboxylic acids is 1. The predicted molar refractivity (Wildman–Crippen MR) is 88.4 cm³/mol. The maximum Gasteiger partial charge on any atom is 0.219 e. The van der Waals surface area contributed by atoms with Gasteiger partial charge in [0.2, 0.25) is 5.91 Å². The molecule has 0 unspecified atom stereocenters. The summed E-state index contributed by atoms with van der Waals surface area (Å²) in [6.07, 6.45) is 2.15. The normalized spacial score (nSPS) is 21.9. The van der Waals surface area contributed by atoms with E-state index in [-0.39, 0.29) is 5.91 Å². The standard InChI is InChI=1S/C18H28N2O2/c1-4-17-12-20(14(2)21)10-9-18(17)19-11-15-5-7-16(8-6-15)13-22-3/h5-8,17-19H,4,9-13H2,1-3H3/t17-,18+/m1/s1. The number of hydrogen-bond donors (Lipinski definition) is 1. The van der Waals surface area contributed by atoms with Crippen molar-refractivity contribution in [1.82, 2.24) is 10.2 Å². The molecule has 1 N–H and O–H groups in total. The van der Waals surface area contributed by atoms with Gasteiger partial charge in [-0.1, -0.05) is 37.6 Å². The lowest BCUT2D eigenvalue weighted by Gasteiger charge is -2.38. The van der Waals surface area contributed by atoms with Gasteiger partial charge in [0, 0.05) is 39.7 Å². The molecule has 1 heterocycles. The molecule has 0 saturated carbocycles. The van der Waals surface area contributed by atoms with Crippen molar-refractivity contribution in [1.29, 1.82) is 0 Å². The summed E-state index contributed by atoms with van der Waals surface area (Å²) in [6, 6.07) is 9.06. The molecule has 0 aliphatic carbocycles. The molecule has 1 aromatic carbocycles. The minimum atomic E-state index is 0.200. The zero-order valence-corrected chi connectivity index (χ0v) is 14.0. The fourth-order valence-electron chi connectivity index (χ4n) is 3.17. The van der Waals surface area contributed by atoms with Gasteiger partial charge in [0.05, 0.1) is 6.61 Å². The molecule has 2 atom stereocenters. The van der Waals surface area contributed by atoms with Crippen LogP contribution in [0.2, 0.25) is 0 Å². The molecule has 1 aliphatic heterocycles. The zero-order valence-electron chi connectivity index (χ0n) is 14.0. The highest BCUT2D eigenvalue weighted by Crippen LogP contribution is 2.21. The maximum absolute atomic E-state index is 11.5. The first-order valence-corrected chi connectivity index (χ1v) is 8.19. The lowest BCUT2D eigenvalue weighted by Crippen LogP contribution is -2.50. The van der Waals surface area contributed by atoms with Crippen molar-refractivity contribution in [2.75, 3.05) is 20.2 Å². The van der Waals surface area contributed by atoms with Crippen LogP contribution in [0.3, 0.4) is 0 Å². The molecule has 0 radical (unpaired) electrons. The second-order valence-electron chi connectivity index (χ2n) is 6.16. The lowest BCUT2D eigenvalue weighted by atomic mass is 9.89. The van der Waals surface area contributed by atoms with E-state index in [4.69, 9.17) is 4.74 Å². The second kappa shape index (κ2) is 8.30. The Morgan fingerprint density at radius 2 is 2.00 bits per heavy atom. The van der Waals surface area contributed by atoms with E-state index < -0.39 is 0 Å². The molecule has 0 bridgehead atoms. The number of ether oxygens (including phenoxy) is 1. The zero-order chi connectivity index (χ0) is 15.9. The molecule has 2 rings (SSSR count). The summed E-state index contributed by atoms with van der Waals surface area (Å²) in [5.41, 5.74) is 2.50. The van der Waals surface area contributed by atoms with Gasteiger partial charge in [-0.25, -0.2) is 0 Å². The predicted octanol–water partition coefficient (Wildman–Crippen LogP) is 2.57. The van der Waals surface area contributed by atoms with Crippen LogP contribution in [-0.4, -0.2) is 37.0 Å². The number of hydrogen-bond acceptors (Lipinski definition) is 3.